The van der Waals surface area contributed by atoms with Gasteiger partial charge in [0.15, 0.2) is 0 Å². The van der Waals surface area contributed by atoms with Gasteiger partial charge in [-0.05, 0) is 25.0 Å². The van der Waals surface area contributed by atoms with Crippen LogP contribution in [-0.4, -0.2) is 9.78 Å². The Kier molecular flexibility index (Phi) is 4.65. The van der Waals surface area contributed by atoms with E-state index >= 15 is 0 Å². The number of hydrogen-bond acceptors (Lipinski definition) is 3. The number of aromatic nitrogens is 2. The van der Waals surface area contributed by atoms with E-state index in [2.05, 4.69) is 10.5 Å². The Bertz CT molecular complexity index is 627. The van der Waals surface area contributed by atoms with E-state index in [1.54, 1.807) is 23.9 Å². The highest BCUT2D eigenvalue weighted by molar-refractivity contribution is 6.31. The number of nitrogens with zero attached hydrogens (tertiary/aromatic N) is 2. The van der Waals surface area contributed by atoms with Crippen LogP contribution >= 0.6 is 23.2 Å². The van der Waals surface area contributed by atoms with Crippen LogP contribution in [0.5, 0.6) is 0 Å². The monoisotopic (exact) mass is 316 g/mol. The zero-order valence-electron chi connectivity index (χ0n) is 11.1. The lowest BCUT2D eigenvalue weighted by Gasteiger charge is -2.18. The van der Waals surface area contributed by atoms with Crippen molar-refractivity contribution in [2.75, 3.05) is 0 Å². The number of nitrogens with one attached hydrogen (secondary N) is 1. The van der Waals surface area contributed by atoms with Gasteiger partial charge < -0.3 is 0 Å². The summed E-state index contributed by atoms with van der Waals surface area (Å²) < 4.78 is 15.1. The second-order valence-electron chi connectivity index (χ2n) is 4.54. The number of aryl methyl sites for hydroxylation is 2. The molecule has 4 nitrogen and oxygen atoms in total. The molecule has 0 spiro atoms. The predicted octanol–water partition coefficient (Wildman–Crippen LogP) is 2.92. The van der Waals surface area contributed by atoms with Gasteiger partial charge in [-0.3, -0.25) is 16.0 Å². The first-order valence-corrected chi connectivity index (χ1v) is 6.79. The molecule has 1 unspecified atom stereocenters. The Labute approximate surface area is 126 Å². The highest BCUT2D eigenvalue weighted by Crippen LogP contribution is 2.30. The summed E-state index contributed by atoms with van der Waals surface area (Å²) in [5.41, 5.74) is 4.91. The van der Waals surface area contributed by atoms with Gasteiger partial charge in [0, 0.05) is 12.6 Å². The smallest absolute Gasteiger partial charge is 0.142 e. The fourth-order valence-corrected chi connectivity index (χ4v) is 2.67. The summed E-state index contributed by atoms with van der Waals surface area (Å²) >= 11 is 12.2. The molecule has 0 radical (unpaired) electrons. The quantitative estimate of drug-likeness (QED) is 0.673. The van der Waals surface area contributed by atoms with Crippen molar-refractivity contribution in [3.05, 3.63) is 51.0 Å². The molecule has 0 aliphatic heterocycles. The molecule has 0 aliphatic rings. The third kappa shape index (κ3) is 2.81. The van der Waals surface area contributed by atoms with Crippen molar-refractivity contribution >= 4 is 23.2 Å². The van der Waals surface area contributed by atoms with Crippen LogP contribution in [0.25, 0.3) is 0 Å². The summed E-state index contributed by atoms with van der Waals surface area (Å²) in [6.45, 7) is 1.86. The molecule has 3 N–H and O–H groups in total. The zero-order valence-corrected chi connectivity index (χ0v) is 12.6. The number of benzene rings is 1. The maximum absolute atomic E-state index is 13.5. The Hall–Kier alpha value is -1.14. The molecule has 0 saturated heterocycles. The molecule has 7 heteroatoms. The maximum atomic E-state index is 13.5. The molecule has 0 amide bonds. The first kappa shape index (κ1) is 15.3. The van der Waals surface area contributed by atoms with E-state index in [0.29, 0.717) is 17.1 Å². The second-order valence-corrected chi connectivity index (χ2v) is 5.28. The van der Waals surface area contributed by atoms with Crippen molar-refractivity contribution in [2.24, 2.45) is 12.9 Å². The molecule has 2 aromatic rings. The largest absolute Gasteiger partial charge is 0.271 e. The van der Waals surface area contributed by atoms with Gasteiger partial charge in [-0.1, -0.05) is 35.3 Å². The van der Waals surface area contributed by atoms with Crippen LogP contribution in [0.2, 0.25) is 10.2 Å². The summed E-state index contributed by atoms with van der Waals surface area (Å²) in [5, 5.41) is 4.84. The van der Waals surface area contributed by atoms with Crippen molar-refractivity contribution in [1.29, 1.82) is 0 Å². The molecule has 0 saturated carbocycles. The van der Waals surface area contributed by atoms with Crippen molar-refractivity contribution in [3.8, 4) is 0 Å². The predicted molar refractivity (Wildman–Crippen MR) is 78.1 cm³/mol. The summed E-state index contributed by atoms with van der Waals surface area (Å²) in [6.07, 6.45) is 0.470. The molecule has 1 heterocycles. The molecule has 0 fully saturated rings. The van der Waals surface area contributed by atoms with E-state index in [1.165, 1.54) is 6.07 Å². The topological polar surface area (TPSA) is 55.9 Å². The SMILES string of the molecule is Cc1nn(C)c(Cl)c1CC(NN)c1cccc(F)c1Cl. The molecular weight excluding hydrogens is 302 g/mol. The molecule has 1 aromatic heterocycles. The third-order valence-corrected chi connectivity index (χ3v) is 4.11. The highest BCUT2D eigenvalue weighted by Gasteiger charge is 2.20. The van der Waals surface area contributed by atoms with Gasteiger partial charge in [-0.25, -0.2) is 4.39 Å². The average molecular weight is 317 g/mol. The Balaban J connectivity index is 2.36. The normalized spacial score (nSPS) is 12.7. The van der Waals surface area contributed by atoms with Crippen LogP contribution in [0.4, 0.5) is 4.39 Å². The standard InChI is InChI=1S/C13H15Cl2FN4/c1-7-9(13(15)20(2)19-7)6-11(18-17)8-4-3-5-10(16)12(8)14/h3-5,11,18H,6,17H2,1-2H3. The van der Waals surface area contributed by atoms with Crippen LogP contribution in [0.3, 0.4) is 0 Å². The van der Waals surface area contributed by atoms with Crippen molar-refractivity contribution in [2.45, 2.75) is 19.4 Å². The summed E-state index contributed by atoms with van der Waals surface area (Å²) in [4.78, 5) is 0. The van der Waals surface area contributed by atoms with Crippen molar-refractivity contribution < 1.29 is 4.39 Å². The Morgan fingerprint density at radius 1 is 1.45 bits per heavy atom. The number of rotatable bonds is 4. The van der Waals surface area contributed by atoms with Gasteiger partial charge in [0.2, 0.25) is 0 Å². The van der Waals surface area contributed by atoms with Gasteiger partial charge in [0.1, 0.15) is 11.0 Å². The van der Waals surface area contributed by atoms with Crippen molar-refractivity contribution in [1.82, 2.24) is 15.2 Å². The lowest BCUT2D eigenvalue weighted by atomic mass is 9.99. The number of nitrogens with two attached hydrogens (primary N) is 1. The fraction of sp³-hybridized carbons (Fsp3) is 0.308. The first-order chi connectivity index (χ1) is 9.45. The second kappa shape index (κ2) is 6.10. The minimum absolute atomic E-state index is 0.0631. The molecule has 20 heavy (non-hydrogen) atoms. The summed E-state index contributed by atoms with van der Waals surface area (Å²) in [6, 6.07) is 4.29. The first-order valence-electron chi connectivity index (χ1n) is 6.03. The molecule has 108 valence electrons. The molecular formula is C13H15Cl2FN4. The van der Waals surface area contributed by atoms with Crippen LogP contribution in [0.1, 0.15) is 22.9 Å². The van der Waals surface area contributed by atoms with E-state index in [-0.39, 0.29) is 11.1 Å². The third-order valence-electron chi connectivity index (χ3n) is 3.24. The number of hydrogen-bond donors (Lipinski definition) is 2. The Morgan fingerprint density at radius 3 is 2.70 bits per heavy atom. The van der Waals surface area contributed by atoms with Gasteiger partial charge in [-0.15, -0.1) is 0 Å². The summed E-state index contributed by atoms with van der Waals surface area (Å²) in [7, 11) is 1.76. The zero-order chi connectivity index (χ0) is 14.9. The molecule has 2 rings (SSSR count). The van der Waals surface area contributed by atoms with E-state index in [4.69, 9.17) is 29.0 Å². The van der Waals surface area contributed by atoms with E-state index < -0.39 is 5.82 Å². The van der Waals surface area contributed by atoms with E-state index in [1.807, 2.05) is 6.92 Å². The molecule has 0 aliphatic carbocycles. The lowest BCUT2D eigenvalue weighted by Crippen LogP contribution is -2.30. The maximum Gasteiger partial charge on any atom is 0.142 e. The van der Waals surface area contributed by atoms with Crippen LogP contribution in [0.15, 0.2) is 18.2 Å². The van der Waals surface area contributed by atoms with E-state index in [0.717, 1.165) is 11.3 Å². The lowest BCUT2D eigenvalue weighted by molar-refractivity contribution is 0.544. The summed E-state index contributed by atoms with van der Waals surface area (Å²) in [5.74, 6) is 5.10. The Morgan fingerprint density at radius 2 is 2.15 bits per heavy atom. The minimum Gasteiger partial charge on any atom is -0.271 e. The number of halogens is 3. The van der Waals surface area contributed by atoms with Gasteiger partial charge in [0.25, 0.3) is 0 Å². The van der Waals surface area contributed by atoms with E-state index in [9.17, 15) is 4.39 Å². The average Bonchev–Trinajstić information content (AvgIpc) is 2.65. The van der Waals surface area contributed by atoms with Crippen LogP contribution < -0.4 is 11.3 Å². The number of hydrazine groups is 1. The minimum atomic E-state index is -0.474. The molecule has 1 aromatic carbocycles. The highest BCUT2D eigenvalue weighted by atomic mass is 35.5. The van der Waals surface area contributed by atoms with Gasteiger partial charge >= 0.3 is 0 Å². The van der Waals surface area contributed by atoms with Gasteiger partial charge in [-0.2, -0.15) is 5.10 Å². The molecule has 0 bridgehead atoms. The molecule has 1 atom stereocenters. The van der Waals surface area contributed by atoms with Crippen LogP contribution in [0, 0.1) is 12.7 Å². The van der Waals surface area contributed by atoms with Crippen molar-refractivity contribution in [3.63, 3.8) is 0 Å². The van der Waals surface area contributed by atoms with Gasteiger partial charge in [0.05, 0.1) is 16.8 Å². The van der Waals surface area contributed by atoms with Crippen LogP contribution in [-0.2, 0) is 13.5 Å². The fourth-order valence-electron chi connectivity index (χ4n) is 2.16.